The first-order valence-electron chi connectivity index (χ1n) is 10.4. The van der Waals surface area contributed by atoms with E-state index in [1.165, 1.54) is 12.1 Å². The first-order chi connectivity index (χ1) is 14.6. The number of nitrogens with zero attached hydrogens (tertiary/aromatic N) is 1. The molecule has 0 atom stereocenters. The van der Waals surface area contributed by atoms with E-state index < -0.39 is 0 Å². The number of hydrogen-bond acceptors (Lipinski definition) is 5. The van der Waals surface area contributed by atoms with Crippen molar-refractivity contribution in [3.8, 4) is 22.8 Å². The molecule has 1 saturated heterocycles. The van der Waals surface area contributed by atoms with E-state index in [-0.39, 0.29) is 29.7 Å². The molecule has 6 heteroatoms. The molecule has 1 aromatic heterocycles. The second kappa shape index (κ2) is 7.85. The van der Waals surface area contributed by atoms with Crippen LogP contribution in [0.5, 0.6) is 11.6 Å². The number of pyridine rings is 1. The number of phenols is 1. The maximum Gasteiger partial charge on any atom is 0.222 e. The van der Waals surface area contributed by atoms with Crippen molar-refractivity contribution in [1.29, 1.82) is 0 Å². The highest BCUT2D eigenvalue weighted by atomic mass is 19.1. The highest BCUT2D eigenvalue weighted by molar-refractivity contribution is 6.01. The van der Waals surface area contributed by atoms with Crippen molar-refractivity contribution < 1.29 is 24.1 Å². The van der Waals surface area contributed by atoms with Crippen molar-refractivity contribution in [3.05, 3.63) is 54.0 Å². The minimum absolute atomic E-state index is 0.0859. The highest BCUT2D eigenvalue weighted by Gasteiger charge is 2.31. The Kier molecular flexibility index (Phi) is 5.05. The molecular formula is C24H24FNO4. The van der Waals surface area contributed by atoms with Crippen LogP contribution in [0, 0.1) is 5.82 Å². The Bertz CT molecular complexity index is 1060. The van der Waals surface area contributed by atoms with Crippen molar-refractivity contribution >= 4 is 10.8 Å². The topological polar surface area (TPSA) is 71.8 Å². The Labute approximate surface area is 174 Å². The van der Waals surface area contributed by atoms with Crippen molar-refractivity contribution in [2.45, 2.75) is 43.8 Å². The fourth-order valence-corrected chi connectivity index (χ4v) is 4.36. The van der Waals surface area contributed by atoms with Gasteiger partial charge in [0.2, 0.25) is 5.88 Å². The molecule has 1 aliphatic carbocycles. The predicted octanol–water partition coefficient (Wildman–Crippen LogP) is 4.54. The number of aliphatic hydroxyl groups is 1. The molecule has 1 aliphatic heterocycles. The minimum Gasteiger partial charge on any atom is -0.508 e. The highest BCUT2D eigenvalue weighted by Crippen LogP contribution is 2.43. The lowest BCUT2D eigenvalue weighted by Gasteiger charge is -2.32. The van der Waals surface area contributed by atoms with Crippen LogP contribution in [0.3, 0.4) is 0 Å². The minimum atomic E-state index is -0.330. The number of phenolic OH excluding ortho intramolecular Hbond substituents is 1. The predicted molar refractivity (Wildman–Crippen MR) is 111 cm³/mol. The van der Waals surface area contributed by atoms with Crippen LogP contribution in [0.25, 0.3) is 21.9 Å². The van der Waals surface area contributed by atoms with Crippen LogP contribution in [-0.2, 0) is 4.74 Å². The van der Waals surface area contributed by atoms with Crippen LogP contribution in [-0.4, -0.2) is 40.6 Å². The average Bonchev–Trinajstić information content (AvgIpc) is 2.74. The molecule has 156 valence electrons. The molecule has 2 aromatic carbocycles. The van der Waals surface area contributed by atoms with Gasteiger partial charge in [-0.25, -0.2) is 9.37 Å². The van der Waals surface area contributed by atoms with Crippen LogP contribution in [0.1, 0.15) is 37.3 Å². The molecule has 0 spiro atoms. The van der Waals surface area contributed by atoms with E-state index in [4.69, 9.17) is 14.5 Å². The summed E-state index contributed by atoms with van der Waals surface area (Å²) in [5.41, 5.74) is 2.74. The Morgan fingerprint density at radius 1 is 1.00 bits per heavy atom. The van der Waals surface area contributed by atoms with Crippen molar-refractivity contribution in [3.63, 3.8) is 0 Å². The number of ether oxygens (including phenoxy) is 2. The lowest BCUT2D eigenvalue weighted by molar-refractivity contribution is -0.0122. The quantitative estimate of drug-likeness (QED) is 0.662. The van der Waals surface area contributed by atoms with Gasteiger partial charge in [0.15, 0.2) is 0 Å². The number of halogens is 1. The molecule has 30 heavy (non-hydrogen) atoms. The van der Waals surface area contributed by atoms with Gasteiger partial charge in [0, 0.05) is 42.9 Å². The van der Waals surface area contributed by atoms with Crippen LogP contribution >= 0.6 is 0 Å². The van der Waals surface area contributed by atoms with E-state index in [1.54, 1.807) is 24.3 Å². The molecule has 2 fully saturated rings. The van der Waals surface area contributed by atoms with Crippen molar-refractivity contribution in [1.82, 2.24) is 4.98 Å². The van der Waals surface area contributed by atoms with E-state index in [0.717, 1.165) is 35.0 Å². The molecule has 0 radical (unpaired) electrons. The Morgan fingerprint density at radius 2 is 1.73 bits per heavy atom. The zero-order chi connectivity index (χ0) is 20.7. The van der Waals surface area contributed by atoms with E-state index in [2.05, 4.69) is 0 Å². The van der Waals surface area contributed by atoms with Gasteiger partial charge in [0.05, 0.1) is 11.8 Å². The molecule has 1 saturated carbocycles. The van der Waals surface area contributed by atoms with E-state index in [9.17, 15) is 14.6 Å². The van der Waals surface area contributed by atoms with Gasteiger partial charge in [-0.2, -0.15) is 0 Å². The third-order valence-corrected chi connectivity index (χ3v) is 6.07. The maximum atomic E-state index is 13.6. The lowest BCUT2D eigenvalue weighted by Crippen LogP contribution is -2.37. The van der Waals surface area contributed by atoms with Gasteiger partial charge in [0.25, 0.3) is 0 Å². The molecular weight excluding hydrogens is 385 g/mol. The molecule has 0 bridgehead atoms. The number of aromatic nitrogens is 1. The molecule has 2 N–H and O–H groups in total. The second-order valence-electron chi connectivity index (χ2n) is 8.17. The van der Waals surface area contributed by atoms with E-state index in [0.29, 0.717) is 37.3 Å². The van der Waals surface area contributed by atoms with Gasteiger partial charge in [-0.1, -0.05) is 12.1 Å². The van der Waals surface area contributed by atoms with E-state index >= 15 is 0 Å². The summed E-state index contributed by atoms with van der Waals surface area (Å²) >= 11 is 0. The van der Waals surface area contributed by atoms with Crippen LogP contribution in [0.2, 0.25) is 0 Å². The Balaban J connectivity index is 1.71. The standard InChI is InChI=1S/C24H24FNO4/c25-16-3-1-14(2-4-16)22-20-6-5-17(27)13-21(20)24(30-19-11-18(28)12-19)26-23(22)15-7-9-29-10-8-15/h1-6,13,15,18-19,27-28H,7-12H2. The third-order valence-electron chi connectivity index (χ3n) is 6.07. The molecule has 2 aliphatic rings. The number of benzene rings is 2. The fourth-order valence-electron chi connectivity index (χ4n) is 4.36. The van der Waals surface area contributed by atoms with Gasteiger partial charge in [0.1, 0.15) is 17.7 Å². The molecule has 0 unspecified atom stereocenters. The van der Waals surface area contributed by atoms with Gasteiger partial charge in [-0.3, -0.25) is 0 Å². The average molecular weight is 409 g/mol. The van der Waals surface area contributed by atoms with Gasteiger partial charge in [-0.05, 0) is 54.1 Å². The van der Waals surface area contributed by atoms with Crippen LogP contribution in [0.15, 0.2) is 42.5 Å². The van der Waals surface area contributed by atoms with Crippen molar-refractivity contribution in [2.75, 3.05) is 13.2 Å². The zero-order valence-electron chi connectivity index (χ0n) is 16.6. The summed E-state index contributed by atoms with van der Waals surface area (Å²) in [5, 5.41) is 21.4. The van der Waals surface area contributed by atoms with Crippen LogP contribution in [0.4, 0.5) is 4.39 Å². The maximum absolute atomic E-state index is 13.6. The smallest absolute Gasteiger partial charge is 0.222 e. The second-order valence-corrected chi connectivity index (χ2v) is 8.17. The normalized spacial score (nSPS) is 22.1. The first kappa shape index (κ1) is 19.3. The summed E-state index contributed by atoms with van der Waals surface area (Å²) in [6.45, 7) is 1.35. The van der Waals surface area contributed by atoms with Gasteiger partial charge >= 0.3 is 0 Å². The van der Waals surface area contributed by atoms with E-state index in [1.807, 2.05) is 6.07 Å². The first-order valence-corrected chi connectivity index (χ1v) is 10.4. The number of fused-ring (bicyclic) bond motifs is 1. The summed E-state index contributed by atoms with van der Waals surface area (Å²) in [6.07, 6.45) is 2.45. The molecule has 5 rings (SSSR count). The Hall–Kier alpha value is -2.70. The number of hydrogen-bond donors (Lipinski definition) is 2. The SMILES string of the molecule is Oc1ccc2c(-c3ccc(F)cc3)c(C3CCOCC3)nc(OC3CC(O)C3)c2c1. The van der Waals surface area contributed by atoms with Gasteiger partial charge < -0.3 is 19.7 Å². The fraction of sp³-hybridized carbons (Fsp3) is 0.375. The monoisotopic (exact) mass is 409 g/mol. The summed E-state index contributed by atoms with van der Waals surface area (Å²) in [6, 6.07) is 11.6. The molecule has 5 nitrogen and oxygen atoms in total. The summed E-state index contributed by atoms with van der Waals surface area (Å²) in [7, 11) is 0. The van der Waals surface area contributed by atoms with Crippen LogP contribution < -0.4 is 4.74 Å². The summed E-state index contributed by atoms with van der Waals surface area (Å²) in [4.78, 5) is 4.95. The molecule has 3 aromatic rings. The lowest BCUT2D eigenvalue weighted by atomic mass is 9.87. The number of rotatable bonds is 4. The van der Waals surface area contributed by atoms with Crippen molar-refractivity contribution in [2.24, 2.45) is 0 Å². The molecule has 0 amide bonds. The van der Waals surface area contributed by atoms with Gasteiger partial charge in [-0.15, -0.1) is 0 Å². The molecule has 2 heterocycles. The largest absolute Gasteiger partial charge is 0.508 e. The Morgan fingerprint density at radius 3 is 2.43 bits per heavy atom. The number of aromatic hydroxyl groups is 1. The summed E-state index contributed by atoms with van der Waals surface area (Å²) in [5.74, 6) is 0.521. The third kappa shape index (κ3) is 3.61. The summed E-state index contributed by atoms with van der Waals surface area (Å²) < 4.78 is 25.3. The number of aliphatic hydroxyl groups excluding tert-OH is 1. The zero-order valence-corrected chi connectivity index (χ0v) is 16.6.